The lowest BCUT2D eigenvalue weighted by Gasteiger charge is -2.26. The molecule has 0 aromatic heterocycles. The van der Waals surface area contributed by atoms with Gasteiger partial charge in [0.2, 0.25) is 0 Å². The van der Waals surface area contributed by atoms with E-state index in [0.29, 0.717) is 6.04 Å². The van der Waals surface area contributed by atoms with Gasteiger partial charge in [-0.15, -0.1) is 0 Å². The first-order chi connectivity index (χ1) is 7.47. The highest BCUT2D eigenvalue weighted by Crippen LogP contribution is 2.18. The first kappa shape index (κ1) is 13.8. The Morgan fingerprint density at radius 3 is 2.69 bits per heavy atom. The summed E-state index contributed by atoms with van der Waals surface area (Å²) in [5.41, 5.74) is 0. The van der Waals surface area contributed by atoms with Crippen LogP contribution in [0.2, 0.25) is 0 Å². The maximum Gasteiger partial charge on any atom is 0.390 e. The number of hydrogen-bond acceptors (Lipinski definition) is 2. The Kier molecular flexibility index (Phi) is 5.55. The molecule has 1 saturated heterocycles. The van der Waals surface area contributed by atoms with Gasteiger partial charge < -0.3 is 10.6 Å². The maximum atomic E-state index is 11.9. The van der Waals surface area contributed by atoms with Gasteiger partial charge in [-0.3, -0.25) is 0 Å². The number of hydrogen-bond donors (Lipinski definition) is 2. The van der Waals surface area contributed by atoms with E-state index in [4.69, 9.17) is 0 Å². The van der Waals surface area contributed by atoms with Crippen molar-refractivity contribution in [1.82, 2.24) is 10.6 Å². The van der Waals surface area contributed by atoms with E-state index in [1.54, 1.807) is 0 Å². The van der Waals surface area contributed by atoms with E-state index in [1.165, 1.54) is 12.8 Å². The highest BCUT2D eigenvalue weighted by molar-refractivity contribution is 4.77. The molecular formula is C11H21F3N2. The number of halogens is 3. The van der Waals surface area contributed by atoms with Crippen LogP contribution < -0.4 is 10.6 Å². The monoisotopic (exact) mass is 238 g/mol. The zero-order chi connectivity index (χ0) is 12.0. The van der Waals surface area contributed by atoms with Crippen molar-refractivity contribution in [3.05, 3.63) is 0 Å². The molecule has 0 spiro atoms. The van der Waals surface area contributed by atoms with Gasteiger partial charge in [0.25, 0.3) is 0 Å². The fourth-order valence-electron chi connectivity index (χ4n) is 2.10. The SMILES string of the molecule is CC(CC1CCCCN1)NCCC(F)(F)F. The van der Waals surface area contributed by atoms with Gasteiger partial charge in [-0.05, 0) is 32.7 Å². The van der Waals surface area contributed by atoms with Crippen LogP contribution in [0.5, 0.6) is 0 Å². The minimum atomic E-state index is -4.05. The molecule has 0 aromatic rings. The van der Waals surface area contributed by atoms with E-state index in [9.17, 15) is 13.2 Å². The number of rotatable bonds is 5. The molecule has 2 atom stereocenters. The molecule has 16 heavy (non-hydrogen) atoms. The van der Waals surface area contributed by atoms with Gasteiger partial charge in [0, 0.05) is 18.6 Å². The summed E-state index contributed by atoms with van der Waals surface area (Å²) in [6.45, 7) is 3.02. The van der Waals surface area contributed by atoms with Crippen LogP contribution in [-0.2, 0) is 0 Å². The van der Waals surface area contributed by atoms with E-state index >= 15 is 0 Å². The second-order valence-electron chi connectivity index (χ2n) is 4.60. The molecule has 0 amide bonds. The van der Waals surface area contributed by atoms with Gasteiger partial charge in [0.1, 0.15) is 0 Å². The molecule has 1 aliphatic heterocycles. The lowest BCUT2D eigenvalue weighted by atomic mass is 9.99. The third-order valence-electron chi connectivity index (χ3n) is 2.95. The second-order valence-corrected chi connectivity index (χ2v) is 4.60. The van der Waals surface area contributed by atoms with Crippen LogP contribution in [0, 0.1) is 0 Å². The second kappa shape index (κ2) is 6.45. The molecule has 96 valence electrons. The Labute approximate surface area is 95.0 Å². The largest absolute Gasteiger partial charge is 0.390 e. The molecule has 2 unspecified atom stereocenters. The average Bonchev–Trinajstić information content (AvgIpc) is 2.17. The average molecular weight is 238 g/mol. The first-order valence-corrected chi connectivity index (χ1v) is 6.01. The summed E-state index contributed by atoms with van der Waals surface area (Å²) in [6.07, 6.45) is -0.284. The summed E-state index contributed by atoms with van der Waals surface area (Å²) in [7, 11) is 0. The summed E-state index contributed by atoms with van der Waals surface area (Å²) >= 11 is 0. The fraction of sp³-hybridized carbons (Fsp3) is 1.00. The quantitative estimate of drug-likeness (QED) is 0.768. The highest BCUT2D eigenvalue weighted by atomic mass is 19.4. The van der Waals surface area contributed by atoms with Gasteiger partial charge in [-0.2, -0.15) is 13.2 Å². The van der Waals surface area contributed by atoms with Crippen LogP contribution in [0.1, 0.15) is 39.0 Å². The third kappa shape index (κ3) is 6.33. The predicted molar refractivity (Wildman–Crippen MR) is 58.4 cm³/mol. The molecule has 1 fully saturated rings. The molecule has 2 nitrogen and oxygen atoms in total. The Bertz CT molecular complexity index is 188. The predicted octanol–water partition coefficient (Wildman–Crippen LogP) is 2.45. The zero-order valence-electron chi connectivity index (χ0n) is 9.74. The summed E-state index contributed by atoms with van der Waals surface area (Å²) in [5, 5.41) is 6.32. The Hall–Kier alpha value is -0.290. The summed E-state index contributed by atoms with van der Waals surface area (Å²) in [5.74, 6) is 0. The summed E-state index contributed by atoms with van der Waals surface area (Å²) in [4.78, 5) is 0. The van der Waals surface area contributed by atoms with Gasteiger partial charge >= 0.3 is 6.18 Å². The standard InChI is InChI=1S/C11H21F3N2/c1-9(15-7-5-11(12,13)14)8-10-4-2-3-6-16-10/h9-10,15-16H,2-8H2,1H3. The molecule has 0 radical (unpaired) electrons. The number of piperidine rings is 1. The molecule has 0 aromatic carbocycles. The normalized spacial score (nSPS) is 24.4. The van der Waals surface area contributed by atoms with Crippen LogP contribution in [-0.4, -0.2) is 31.3 Å². The summed E-state index contributed by atoms with van der Waals surface area (Å²) in [6, 6.07) is 0.625. The first-order valence-electron chi connectivity index (χ1n) is 6.01. The van der Waals surface area contributed by atoms with Crippen LogP contribution >= 0.6 is 0 Å². The van der Waals surface area contributed by atoms with Gasteiger partial charge in [-0.1, -0.05) is 6.42 Å². The van der Waals surface area contributed by atoms with Gasteiger partial charge in [0.05, 0.1) is 6.42 Å². The van der Waals surface area contributed by atoms with Crippen molar-refractivity contribution in [2.45, 2.75) is 57.3 Å². The Morgan fingerprint density at radius 2 is 2.12 bits per heavy atom. The van der Waals surface area contributed by atoms with E-state index in [-0.39, 0.29) is 12.6 Å². The van der Waals surface area contributed by atoms with Crippen LogP contribution in [0.15, 0.2) is 0 Å². The van der Waals surface area contributed by atoms with Crippen LogP contribution in [0.25, 0.3) is 0 Å². The third-order valence-corrected chi connectivity index (χ3v) is 2.95. The molecule has 0 aliphatic carbocycles. The fourth-order valence-corrected chi connectivity index (χ4v) is 2.10. The Balaban J connectivity index is 2.08. The van der Waals surface area contributed by atoms with Gasteiger partial charge in [0.15, 0.2) is 0 Å². The van der Waals surface area contributed by atoms with E-state index in [2.05, 4.69) is 10.6 Å². The van der Waals surface area contributed by atoms with E-state index in [0.717, 1.165) is 19.4 Å². The van der Waals surface area contributed by atoms with Gasteiger partial charge in [-0.25, -0.2) is 0 Å². The zero-order valence-corrected chi connectivity index (χ0v) is 9.74. The lowest BCUT2D eigenvalue weighted by Crippen LogP contribution is -2.40. The minimum absolute atomic E-state index is 0.0252. The number of nitrogens with one attached hydrogen (secondary N) is 2. The topological polar surface area (TPSA) is 24.1 Å². The van der Waals surface area contributed by atoms with Crippen molar-refractivity contribution in [1.29, 1.82) is 0 Å². The number of alkyl halides is 3. The lowest BCUT2D eigenvalue weighted by molar-refractivity contribution is -0.133. The Morgan fingerprint density at radius 1 is 1.38 bits per heavy atom. The van der Waals surface area contributed by atoms with E-state index < -0.39 is 12.6 Å². The van der Waals surface area contributed by atoms with Crippen LogP contribution in [0.4, 0.5) is 13.2 Å². The van der Waals surface area contributed by atoms with Crippen molar-refractivity contribution in [3.8, 4) is 0 Å². The molecule has 1 heterocycles. The molecule has 1 aliphatic rings. The van der Waals surface area contributed by atoms with Crippen molar-refractivity contribution < 1.29 is 13.2 Å². The minimum Gasteiger partial charge on any atom is -0.314 e. The molecular weight excluding hydrogens is 217 g/mol. The van der Waals surface area contributed by atoms with Crippen molar-refractivity contribution in [2.75, 3.05) is 13.1 Å². The molecule has 1 rings (SSSR count). The van der Waals surface area contributed by atoms with Crippen molar-refractivity contribution in [3.63, 3.8) is 0 Å². The molecule has 0 bridgehead atoms. The van der Waals surface area contributed by atoms with Crippen LogP contribution in [0.3, 0.4) is 0 Å². The highest BCUT2D eigenvalue weighted by Gasteiger charge is 2.26. The molecule has 0 saturated carbocycles. The molecule has 2 N–H and O–H groups in total. The smallest absolute Gasteiger partial charge is 0.314 e. The molecule has 5 heteroatoms. The van der Waals surface area contributed by atoms with E-state index in [1.807, 2.05) is 6.92 Å². The summed E-state index contributed by atoms with van der Waals surface area (Å²) < 4.78 is 35.7. The maximum absolute atomic E-state index is 11.9. The van der Waals surface area contributed by atoms with Crippen molar-refractivity contribution >= 4 is 0 Å². The van der Waals surface area contributed by atoms with Crippen molar-refractivity contribution in [2.24, 2.45) is 0 Å².